The molecule has 0 aliphatic carbocycles. The molecule has 8 heteroatoms. The molecule has 1 saturated heterocycles. The number of amides is 1. The summed E-state index contributed by atoms with van der Waals surface area (Å²) in [4.78, 5) is 32.5. The highest BCUT2D eigenvalue weighted by atomic mass is 32.2. The number of imidazole rings is 1. The van der Waals surface area contributed by atoms with Crippen LogP contribution >= 0.6 is 11.8 Å². The van der Waals surface area contributed by atoms with Crippen LogP contribution in [0.4, 0.5) is 10.1 Å². The molecule has 4 rings (SSSR count). The fourth-order valence-corrected chi connectivity index (χ4v) is 4.27. The Morgan fingerprint density at radius 1 is 1.03 bits per heavy atom. The maximum atomic E-state index is 14.5. The Kier molecular flexibility index (Phi) is 6.08. The number of halogens is 1. The van der Waals surface area contributed by atoms with Gasteiger partial charge in [-0.2, -0.15) is 0 Å². The van der Waals surface area contributed by atoms with Crippen molar-refractivity contribution in [3.05, 3.63) is 71.8 Å². The van der Waals surface area contributed by atoms with Gasteiger partial charge in [0.05, 0.1) is 5.69 Å². The number of thioether (sulfide) groups is 1. The van der Waals surface area contributed by atoms with Gasteiger partial charge < -0.3 is 9.80 Å². The summed E-state index contributed by atoms with van der Waals surface area (Å²) in [7, 11) is 0. The Balaban J connectivity index is 1.45. The van der Waals surface area contributed by atoms with E-state index in [-0.39, 0.29) is 11.7 Å². The molecule has 0 bridgehead atoms. The minimum atomic E-state index is -0.412. The Hall–Kier alpha value is -3.13. The molecule has 1 aliphatic heterocycles. The fraction of sp³-hybridized carbons (Fsp3) is 0.261. The third kappa shape index (κ3) is 4.34. The van der Waals surface area contributed by atoms with Gasteiger partial charge in [-0.1, -0.05) is 17.8 Å². The molecule has 2 aromatic carbocycles. The van der Waals surface area contributed by atoms with Crippen LogP contribution in [0, 0.1) is 5.82 Å². The van der Waals surface area contributed by atoms with E-state index < -0.39 is 5.82 Å². The molecule has 0 spiro atoms. The number of carbonyl (C=O) groups is 2. The molecule has 1 aliphatic rings. The number of nitrogens with zero attached hydrogens (tertiary/aromatic N) is 4. The van der Waals surface area contributed by atoms with Gasteiger partial charge in [0.1, 0.15) is 5.82 Å². The number of hydrogen-bond acceptors (Lipinski definition) is 5. The summed E-state index contributed by atoms with van der Waals surface area (Å²) in [6, 6.07) is 12.1. The lowest BCUT2D eigenvalue weighted by Gasteiger charge is -2.36. The van der Waals surface area contributed by atoms with E-state index in [0.29, 0.717) is 43.0 Å². The van der Waals surface area contributed by atoms with E-state index in [9.17, 15) is 14.0 Å². The molecule has 1 aromatic heterocycles. The van der Waals surface area contributed by atoms with E-state index in [0.717, 1.165) is 10.8 Å². The van der Waals surface area contributed by atoms with Crippen molar-refractivity contribution in [1.82, 2.24) is 14.5 Å². The molecule has 0 N–H and O–H groups in total. The molecular weight excluding hydrogens is 415 g/mol. The number of rotatable bonds is 5. The van der Waals surface area contributed by atoms with E-state index in [1.807, 2.05) is 46.2 Å². The van der Waals surface area contributed by atoms with Gasteiger partial charge >= 0.3 is 0 Å². The molecule has 160 valence electrons. The summed E-state index contributed by atoms with van der Waals surface area (Å²) in [5, 5.41) is 0.857. The lowest BCUT2D eigenvalue weighted by atomic mass is 10.1. The second kappa shape index (κ2) is 8.93. The second-order valence-electron chi connectivity index (χ2n) is 7.34. The second-order valence-corrected chi connectivity index (χ2v) is 8.11. The molecule has 0 atom stereocenters. The van der Waals surface area contributed by atoms with Crippen molar-refractivity contribution in [1.29, 1.82) is 0 Å². The van der Waals surface area contributed by atoms with E-state index >= 15 is 0 Å². The van der Waals surface area contributed by atoms with Crippen molar-refractivity contribution < 1.29 is 14.0 Å². The van der Waals surface area contributed by atoms with Crippen molar-refractivity contribution in [3.8, 4) is 5.69 Å². The van der Waals surface area contributed by atoms with Crippen molar-refractivity contribution in [2.75, 3.05) is 37.3 Å². The first-order valence-corrected chi connectivity index (χ1v) is 11.2. The highest BCUT2D eigenvalue weighted by Gasteiger charge is 2.24. The van der Waals surface area contributed by atoms with Crippen molar-refractivity contribution in [2.45, 2.75) is 12.1 Å². The number of anilines is 1. The van der Waals surface area contributed by atoms with Crippen LogP contribution in [-0.4, -0.2) is 58.6 Å². The Bertz CT molecular complexity index is 1120. The number of Topliss-reactive ketones (excluding diaryl/α,β-unsaturated/α-hetero) is 1. The van der Waals surface area contributed by atoms with Crippen LogP contribution in [0.25, 0.3) is 5.69 Å². The standard InChI is InChI=1S/C23H23FN4O2S/c1-16(29)17-6-7-21(20(24)15-17)26-10-12-27(13-11-26)22(30)18-4-3-5-19(14-18)28-9-8-25-23(28)31-2/h3-9,14-15H,10-13H2,1-2H3. The maximum absolute atomic E-state index is 14.5. The predicted molar refractivity (Wildman–Crippen MR) is 120 cm³/mol. The average molecular weight is 439 g/mol. The molecule has 0 saturated carbocycles. The van der Waals surface area contributed by atoms with E-state index in [1.54, 1.807) is 35.0 Å². The maximum Gasteiger partial charge on any atom is 0.254 e. The van der Waals surface area contributed by atoms with Gasteiger partial charge in [0.25, 0.3) is 5.91 Å². The first kappa shape index (κ1) is 21.1. The van der Waals surface area contributed by atoms with Crippen molar-refractivity contribution in [3.63, 3.8) is 0 Å². The Labute approximate surface area is 184 Å². The number of benzene rings is 2. The van der Waals surface area contributed by atoms with Gasteiger partial charge in [0.2, 0.25) is 0 Å². The quantitative estimate of drug-likeness (QED) is 0.447. The summed E-state index contributed by atoms with van der Waals surface area (Å²) in [6.07, 6.45) is 5.57. The highest BCUT2D eigenvalue weighted by Crippen LogP contribution is 2.24. The number of ketones is 1. The monoisotopic (exact) mass is 438 g/mol. The Morgan fingerprint density at radius 3 is 2.48 bits per heavy atom. The number of aromatic nitrogens is 2. The molecule has 0 unspecified atom stereocenters. The molecule has 31 heavy (non-hydrogen) atoms. The summed E-state index contributed by atoms with van der Waals surface area (Å²) in [5.41, 5.74) is 2.32. The van der Waals surface area contributed by atoms with Crippen molar-refractivity contribution >= 4 is 29.1 Å². The topological polar surface area (TPSA) is 58.4 Å². The van der Waals surface area contributed by atoms with Crippen LogP contribution < -0.4 is 4.90 Å². The van der Waals surface area contributed by atoms with Crippen molar-refractivity contribution in [2.24, 2.45) is 0 Å². The number of piperazine rings is 1. The highest BCUT2D eigenvalue weighted by molar-refractivity contribution is 7.98. The molecule has 1 amide bonds. The van der Waals surface area contributed by atoms with Gasteiger partial charge in [0, 0.05) is 55.4 Å². The zero-order valence-corrected chi connectivity index (χ0v) is 18.2. The van der Waals surface area contributed by atoms with E-state index in [4.69, 9.17) is 0 Å². The average Bonchev–Trinajstić information content (AvgIpc) is 3.28. The summed E-state index contributed by atoms with van der Waals surface area (Å²) in [6.45, 7) is 3.47. The largest absolute Gasteiger partial charge is 0.366 e. The lowest BCUT2D eigenvalue weighted by Crippen LogP contribution is -2.49. The molecule has 6 nitrogen and oxygen atoms in total. The first-order chi connectivity index (χ1) is 15.0. The van der Waals surface area contributed by atoms with Crippen LogP contribution in [0.1, 0.15) is 27.6 Å². The van der Waals surface area contributed by atoms with Gasteiger partial charge in [0.15, 0.2) is 10.9 Å². The normalized spacial score (nSPS) is 14.0. The smallest absolute Gasteiger partial charge is 0.254 e. The van der Waals surface area contributed by atoms with Crippen LogP contribution in [0.2, 0.25) is 0 Å². The fourth-order valence-electron chi connectivity index (χ4n) is 3.74. The van der Waals surface area contributed by atoms with Gasteiger partial charge in [-0.3, -0.25) is 14.2 Å². The van der Waals surface area contributed by atoms with Gasteiger partial charge in [-0.25, -0.2) is 9.37 Å². The third-order valence-corrected chi connectivity index (χ3v) is 6.09. The molecule has 1 fully saturated rings. The lowest BCUT2D eigenvalue weighted by molar-refractivity contribution is 0.0746. The molecule has 2 heterocycles. The van der Waals surface area contributed by atoms with E-state index in [2.05, 4.69) is 4.98 Å². The number of hydrogen-bond donors (Lipinski definition) is 0. The summed E-state index contributed by atoms with van der Waals surface area (Å²) in [5.74, 6) is -0.617. The molecular formula is C23H23FN4O2S. The van der Waals surface area contributed by atoms with Crippen LogP contribution in [-0.2, 0) is 0 Å². The van der Waals surface area contributed by atoms with Crippen LogP contribution in [0.15, 0.2) is 60.0 Å². The minimum absolute atomic E-state index is 0.0419. The zero-order valence-electron chi connectivity index (χ0n) is 17.4. The van der Waals surface area contributed by atoms with Gasteiger partial charge in [-0.15, -0.1) is 0 Å². The van der Waals surface area contributed by atoms with E-state index in [1.165, 1.54) is 13.0 Å². The predicted octanol–water partition coefficient (Wildman–Crippen LogP) is 3.90. The van der Waals surface area contributed by atoms with Crippen LogP contribution in [0.3, 0.4) is 0 Å². The minimum Gasteiger partial charge on any atom is -0.366 e. The SMILES string of the molecule is CSc1nccn1-c1cccc(C(=O)N2CCN(c3ccc(C(C)=O)cc3F)CC2)c1. The Morgan fingerprint density at radius 2 is 1.81 bits per heavy atom. The third-order valence-electron chi connectivity index (χ3n) is 5.42. The molecule has 0 radical (unpaired) electrons. The number of carbonyl (C=O) groups excluding carboxylic acids is 2. The summed E-state index contributed by atoms with van der Waals surface area (Å²) < 4.78 is 16.4. The zero-order chi connectivity index (χ0) is 22.0. The first-order valence-electron chi connectivity index (χ1n) is 10.0. The van der Waals surface area contributed by atoms with Gasteiger partial charge in [-0.05, 0) is 49.6 Å². The van der Waals surface area contributed by atoms with Crippen LogP contribution in [0.5, 0.6) is 0 Å². The molecule has 3 aromatic rings. The summed E-state index contributed by atoms with van der Waals surface area (Å²) >= 11 is 1.54.